The van der Waals surface area contributed by atoms with Crippen LogP contribution in [0.5, 0.6) is 28.7 Å². The van der Waals surface area contributed by atoms with E-state index in [1.54, 1.807) is 20.8 Å². The van der Waals surface area contributed by atoms with Crippen LogP contribution in [0.25, 0.3) is 0 Å². The van der Waals surface area contributed by atoms with Gasteiger partial charge in [-0.3, -0.25) is 24.0 Å². The molecule has 3 rings (SSSR count). The summed E-state index contributed by atoms with van der Waals surface area (Å²) in [4.78, 5) is 55.6. The summed E-state index contributed by atoms with van der Waals surface area (Å²) in [5.41, 5.74) is 11.6. The Labute approximate surface area is 551 Å². The second-order valence-corrected chi connectivity index (χ2v) is 31.9. The van der Waals surface area contributed by atoms with Crippen molar-refractivity contribution in [2.45, 2.75) is 243 Å². The molecular formula is C72H132N6O13. The number of hydrogen-bond acceptors (Lipinski definition) is 16. The second kappa shape index (κ2) is 43.2. The van der Waals surface area contributed by atoms with Crippen molar-refractivity contribution < 1.29 is 64.5 Å². The molecule has 528 valence electrons. The van der Waals surface area contributed by atoms with E-state index in [4.69, 9.17) is 27.7 Å². The lowest BCUT2D eigenvalue weighted by molar-refractivity contribution is -0.122. The van der Waals surface area contributed by atoms with E-state index in [9.17, 15) is 54.6 Å². The first-order chi connectivity index (χ1) is 40.8. The van der Waals surface area contributed by atoms with E-state index in [0.717, 1.165) is 45.3 Å². The molecule has 0 bridgehead atoms. The van der Waals surface area contributed by atoms with Gasteiger partial charge in [-0.25, -0.2) is 0 Å². The minimum absolute atomic E-state index is 0.00299. The van der Waals surface area contributed by atoms with Crippen molar-refractivity contribution in [2.24, 2.45) is 54.8 Å². The van der Waals surface area contributed by atoms with Crippen LogP contribution in [0, 0.1) is 62.6 Å². The van der Waals surface area contributed by atoms with Crippen LogP contribution in [0.4, 0.5) is 0 Å². The summed E-state index contributed by atoms with van der Waals surface area (Å²) in [5.74, 6) is 0.455. The number of Topliss-reactive ketones (excluding diaryl/α,β-unsaturated/α-hetero) is 2. The van der Waals surface area contributed by atoms with Gasteiger partial charge in [-0.1, -0.05) is 180 Å². The largest absolute Gasteiger partial charge is 0.508 e. The quantitative estimate of drug-likeness (QED) is 0.0362. The first-order valence-electron chi connectivity index (χ1n) is 31.7. The average molecular weight is 1290 g/mol. The van der Waals surface area contributed by atoms with Crippen LogP contribution >= 0.6 is 0 Å². The Morgan fingerprint density at radius 2 is 1.08 bits per heavy atom. The van der Waals surface area contributed by atoms with Gasteiger partial charge in [0.15, 0.2) is 0 Å². The molecule has 0 aromatic heterocycles. The molecule has 2 aromatic carbocycles. The van der Waals surface area contributed by atoms with Crippen LogP contribution in [-0.4, -0.2) is 136 Å². The zero-order chi connectivity index (χ0) is 73.1. The van der Waals surface area contributed by atoms with Crippen LogP contribution in [0.3, 0.4) is 0 Å². The predicted molar refractivity (Wildman–Crippen MR) is 374 cm³/mol. The van der Waals surface area contributed by atoms with E-state index in [1.165, 1.54) is 37.3 Å². The third-order valence-corrected chi connectivity index (χ3v) is 13.2. The highest BCUT2D eigenvalue weighted by atomic mass is 16.5. The number of amides is 3. The van der Waals surface area contributed by atoms with Gasteiger partial charge < -0.3 is 73.2 Å². The molecule has 0 radical (unpaired) electrons. The van der Waals surface area contributed by atoms with Crippen molar-refractivity contribution >= 4 is 29.3 Å². The van der Waals surface area contributed by atoms with Crippen LogP contribution in [-0.2, 0) is 25.6 Å². The van der Waals surface area contributed by atoms with Crippen molar-refractivity contribution in [2.75, 3.05) is 46.3 Å². The third-order valence-electron chi connectivity index (χ3n) is 13.2. The normalized spacial score (nSPS) is 14.4. The van der Waals surface area contributed by atoms with Gasteiger partial charge in [0.25, 0.3) is 5.91 Å². The number of phenols is 4. The molecule has 4 atom stereocenters. The first kappa shape index (κ1) is 94.0. The number of aromatic hydroxyl groups is 4. The fourth-order valence-corrected chi connectivity index (χ4v) is 6.72. The summed E-state index contributed by atoms with van der Waals surface area (Å²) in [6.45, 7) is 59.5. The van der Waals surface area contributed by atoms with E-state index in [0.29, 0.717) is 54.6 Å². The fraction of sp³-hybridized carbons (Fsp3) is 0.708. The zero-order valence-electron chi connectivity index (χ0n) is 61.7. The number of hydrogen-bond donors (Lipinski definition) is 13. The molecule has 1 aliphatic heterocycles. The third kappa shape index (κ3) is 50.5. The minimum Gasteiger partial charge on any atom is -0.508 e. The van der Waals surface area contributed by atoms with E-state index in [1.807, 2.05) is 82.2 Å². The number of terminal acetylenes is 1. The number of nitrogens with two attached hydrogens (primary N) is 2. The highest BCUT2D eigenvalue weighted by Crippen LogP contribution is 2.41. The number of ketones is 2. The number of likely N-dealkylation sites (N-methyl/N-ethyl adjacent to an activating group) is 1. The highest BCUT2D eigenvalue weighted by molar-refractivity contribution is 6.45. The predicted octanol–water partition coefficient (Wildman–Crippen LogP) is 11.2. The van der Waals surface area contributed by atoms with Crippen molar-refractivity contribution in [3.05, 3.63) is 53.6 Å². The van der Waals surface area contributed by atoms with E-state index in [2.05, 4.69) is 111 Å². The van der Waals surface area contributed by atoms with E-state index < -0.39 is 23.1 Å². The molecule has 1 aliphatic rings. The van der Waals surface area contributed by atoms with Gasteiger partial charge in [0.2, 0.25) is 23.4 Å². The molecule has 19 heteroatoms. The standard InChI is InChI=1S/C13H18O4.C13H16O4.C9H19NO.C9H17NO.C9H15NO.C7H17NO.C6H15NO.C6H15N/c1-13(2,3)12-10(16)6-8-9(15)4-7(14)5-11(8)17-12;1-7-9(14)5-8(6-10(7)15)11(16)12(17)13(2,3)4;3*1-5-8(11)10-7-6-9(2,3)4;1-7(2,3)6(9)5-8-4;1-6(2,3)5(8)4-7;1-6(2,3)4-5-7/h4-5,10,12,14-16H,6H2,1-3H3;5-6,14-15H,1-4H3;5-7H2,1-4H3,(H,10,11);5H,1,6-7H2,2-4H3,(H,10,11);1H,6-7H2,2-4H3,(H,10,11);6,8-9H,5H2,1-4H3;5,8H,4,7H2,1-3H3;4-5,7H2,1-3H3. The Balaban J connectivity index is -0.000000316. The van der Waals surface area contributed by atoms with Crippen molar-refractivity contribution in [3.8, 4) is 41.1 Å². The highest BCUT2D eigenvalue weighted by Gasteiger charge is 2.38. The molecule has 15 N–H and O–H groups in total. The molecular weight excluding hydrogens is 1160 g/mol. The molecule has 91 heavy (non-hydrogen) atoms. The number of aliphatic hydroxyl groups excluding tert-OH is 3. The van der Waals surface area contributed by atoms with Crippen molar-refractivity contribution in [1.82, 2.24) is 21.3 Å². The number of carbonyl (C=O) groups excluding carboxylic acids is 5. The number of phenolic OH excluding ortho intramolecular Hbond substituents is 4. The van der Waals surface area contributed by atoms with Gasteiger partial charge in [0, 0.05) is 85.2 Å². The van der Waals surface area contributed by atoms with Gasteiger partial charge in [-0.2, -0.15) is 0 Å². The van der Waals surface area contributed by atoms with Gasteiger partial charge >= 0.3 is 0 Å². The number of ether oxygens (including phenoxy) is 1. The Bertz CT molecular complexity index is 2460. The molecule has 0 saturated heterocycles. The van der Waals surface area contributed by atoms with E-state index in [-0.39, 0.29) is 97.2 Å². The first-order valence-corrected chi connectivity index (χ1v) is 31.7. The number of nitrogens with one attached hydrogen (secondary N) is 4. The number of benzene rings is 2. The molecule has 0 spiro atoms. The Hall–Kier alpha value is -5.75. The number of carbonyl (C=O) groups is 5. The number of fused-ring (bicyclic) bond motifs is 1. The van der Waals surface area contributed by atoms with Gasteiger partial charge in [-0.05, 0) is 103 Å². The van der Waals surface area contributed by atoms with Gasteiger partial charge in [0.05, 0.1) is 18.3 Å². The molecule has 1 heterocycles. The Kier molecular flexibility index (Phi) is 44.6. The zero-order valence-corrected chi connectivity index (χ0v) is 61.7. The second-order valence-electron chi connectivity index (χ2n) is 31.9. The van der Waals surface area contributed by atoms with Crippen molar-refractivity contribution in [1.29, 1.82) is 0 Å². The lowest BCUT2D eigenvalue weighted by atomic mass is 9.82. The molecule has 3 amide bonds. The molecule has 2 aromatic rings. The fourth-order valence-electron chi connectivity index (χ4n) is 6.72. The maximum atomic E-state index is 11.8. The maximum Gasteiger partial charge on any atom is 0.295 e. The molecule has 0 saturated carbocycles. The summed E-state index contributed by atoms with van der Waals surface area (Å²) in [7, 11) is 1.84. The van der Waals surface area contributed by atoms with Crippen LogP contribution < -0.4 is 37.5 Å². The summed E-state index contributed by atoms with van der Waals surface area (Å²) >= 11 is 0. The van der Waals surface area contributed by atoms with Crippen molar-refractivity contribution in [3.63, 3.8) is 0 Å². The molecule has 19 nitrogen and oxygen atoms in total. The number of rotatable bonds is 14. The Morgan fingerprint density at radius 1 is 0.659 bits per heavy atom. The molecule has 0 aliphatic carbocycles. The SMILES string of the molecule is C#CC(=O)NCCC(C)(C)C.C=CC(=O)NCCC(C)(C)C.CC(C)(C)C(O)CN.CC(C)(C)C1Oc2cc(O)cc(O)c2CC1O.CC(C)(C)CCN.CCC(=O)NCCC(C)(C)C.CNCC(O)C(C)(C)C.Cc1c(O)cc(C(=O)C(=O)C(C)(C)C)cc1O. The van der Waals surface area contributed by atoms with Crippen LogP contribution in [0.1, 0.15) is 227 Å². The van der Waals surface area contributed by atoms with E-state index >= 15 is 0 Å². The van der Waals surface area contributed by atoms with Gasteiger partial charge in [-0.15, -0.1) is 6.42 Å². The molecule has 4 unspecified atom stereocenters. The summed E-state index contributed by atoms with van der Waals surface area (Å²) in [6, 6.07) is 5.12. The van der Waals surface area contributed by atoms with Gasteiger partial charge in [0.1, 0.15) is 34.9 Å². The number of aliphatic hydroxyl groups is 3. The average Bonchev–Trinajstić information content (AvgIpc) is 1.11. The summed E-state index contributed by atoms with van der Waals surface area (Å²) < 4.78 is 5.70. The lowest BCUT2D eigenvalue weighted by Gasteiger charge is -2.38. The van der Waals surface area contributed by atoms with Crippen LogP contribution in [0.15, 0.2) is 36.9 Å². The molecule has 0 fully saturated rings. The topological polar surface area (TPSA) is 336 Å². The monoisotopic (exact) mass is 1290 g/mol. The van der Waals surface area contributed by atoms with Crippen LogP contribution in [0.2, 0.25) is 0 Å². The minimum atomic E-state index is -0.785. The Morgan fingerprint density at radius 3 is 1.37 bits per heavy atom. The lowest BCUT2D eigenvalue weighted by Crippen LogP contribution is -2.46. The summed E-state index contributed by atoms with van der Waals surface area (Å²) in [5, 5.41) is 77.7. The smallest absolute Gasteiger partial charge is 0.295 e. The summed E-state index contributed by atoms with van der Waals surface area (Å²) in [6.07, 6.45) is 9.55. The maximum absolute atomic E-state index is 11.8.